The Balaban J connectivity index is 2.83. The Bertz CT molecular complexity index is 523. The smallest absolute Gasteiger partial charge is 0.261 e. The standard InChI is InChI=1S/C16H22N2O3/c1-6-9-18-16(19)12(3)21-14-8-7-13(11(2)17-4)10-15(14)20-5/h1,7-8,10-12,17H,9H2,2-5H3,(H,18,19). The first-order chi connectivity index (χ1) is 10.0. The lowest BCUT2D eigenvalue weighted by Gasteiger charge is -2.18. The first-order valence-corrected chi connectivity index (χ1v) is 6.76. The molecule has 2 N–H and O–H groups in total. The van der Waals surface area contributed by atoms with E-state index in [-0.39, 0.29) is 18.5 Å². The maximum atomic E-state index is 11.7. The summed E-state index contributed by atoms with van der Waals surface area (Å²) in [5, 5.41) is 5.73. The molecule has 0 aliphatic heterocycles. The van der Waals surface area contributed by atoms with Gasteiger partial charge in [0, 0.05) is 6.04 Å². The summed E-state index contributed by atoms with van der Waals surface area (Å²) < 4.78 is 11.0. The highest BCUT2D eigenvalue weighted by Gasteiger charge is 2.17. The number of methoxy groups -OCH3 is 1. The van der Waals surface area contributed by atoms with Gasteiger partial charge in [0.05, 0.1) is 13.7 Å². The highest BCUT2D eigenvalue weighted by atomic mass is 16.5. The molecule has 5 heteroatoms. The number of benzene rings is 1. The van der Waals surface area contributed by atoms with Crippen molar-refractivity contribution < 1.29 is 14.3 Å². The molecule has 1 rings (SSSR count). The van der Waals surface area contributed by atoms with Crippen molar-refractivity contribution in [1.29, 1.82) is 0 Å². The molecular formula is C16H22N2O3. The van der Waals surface area contributed by atoms with Crippen LogP contribution in [0.15, 0.2) is 18.2 Å². The van der Waals surface area contributed by atoms with Gasteiger partial charge in [0.15, 0.2) is 17.6 Å². The number of hydrogen-bond acceptors (Lipinski definition) is 4. The number of amides is 1. The van der Waals surface area contributed by atoms with E-state index in [2.05, 4.69) is 16.6 Å². The average molecular weight is 290 g/mol. The first kappa shape index (κ1) is 16.9. The lowest BCUT2D eigenvalue weighted by Crippen LogP contribution is -2.36. The minimum atomic E-state index is -0.653. The summed E-state index contributed by atoms with van der Waals surface area (Å²) in [4.78, 5) is 11.7. The predicted octanol–water partition coefficient (Wildman–Crippen LogP) is 1.49. The molecule has 2 atom stereocenters. The minimum Gasteiger partial charge on any atom is -0.493 e. The largest absolute Gasteiger partial charge is 0.493 e. The van der Waals surface area contributed by atoms with E-state index >= 15 is 0 Å². The van der Waals surface area contributed by atoms with Gasteiger partial charge in [-0.05, 0) is 38.6 Å². The second kappa shape index (κ2) is 8.18. The Labute approximate surface area is 126 Å². The molecule has 0 spiro atoms. The van der Waals surface area contributed by atoms with E-state index in [9.17, 15) is 4.79 Å². The Morgan fingerprint density at radius 2 is 2.10 bits per heavy atom. The second-order valence-corrected chi connectivity index (χ2v) is 4.60. The lowest BCUT2D eigenvalue weighted by atomic mass is 10.1. The molecule has 0 aromatic heterocycles. The molecule has 5 nitrogen and oxygen atoms in total. The van der Waals surface area contributed by atoms with Crippen molar-refractivity contribution in [1.82, 2.24) is 10.6 Å². The van der Waals surface area contributed by atoms with Crippen LogP contribution in [0.3, 0.4) is 0 Å². The van der Waals surface area contributed by atoms with E-state index in [0.29, 0.717) is 11.5 Å². The monoisotopic (exact) mass is 290 g/mol. The van der Waals surface area contributed by atoms with Crippen LogP contribution in [0.4, 0.5) is 0 Å². The Kier molecular flexibility index (Phi) is 6.57. The Morgan fingerprint density at radius 3 is 2.67 bits per heavy atom. The molecule has 0 aliphatic carbocycles. The number of carbonyl (C=O) groups is 1. The highest BCUT2D eigenvalue weighted by Crippen LogP contribution is 2.30. The first-order valence-electron chi connectivity index (χ1n) is 6.76. The van der Waals surface area contributed by atoms with Gasteiger partial charge in [0.2, 0.25) is 0 Å². The fourth-order valence-corrected chi connectivity index (χ4v) is 1.74. The second-order valence-electron chi connectivity index (χ2n) is 4.60. The van der Waals surface area contributed by atoms with Crippen molar-refractivity contribution in [2.24, 2.45) is 0 Å². The molecule has 1 amide bonds. The summed E-state index contributed by atoms with van der Waals surface area (Å²) in [7, 11) is 3.46. The van der Waals surface area contributed by atoms with Gasteiger partial charge >= 0.3 is 0 Å². The number of carbonyl (C=O) groups excluding carboxylic acids is 1. The number of hydrogen-bond donors (Lipinski definition) is 2. The van der Waals surface area contributed by atoms with Crippen LogP contribution >= 0.6 is 0 Å². The average Bonchev–Trinajstić information content (AvgIpc) is 2.51. The third-order valence-corrected chi connectivity index (χ3v) is 3.16. The van der Waals surface area contributed by atoms with Crippen LogP contribution in [-0.2, 0) is 4.79 Å². The fraction of sp³-hybridized carbons (Fsp3) is 0.438. The zero-order valence-corrected chi connectivity index (χ0v) is 12.9. The van der Waals surface area contributed by atoms with E-state index in [4.69, 9.17) is 15.9 Å². The molecule has 0 fully saturated rings. The van der Waals surface area contributed by atoms with Crippen LogP contribution in [0.5, 0.6) is 11.5 Å². The quantitative estimate of drug-likeness (QED) is 0.747. The third-order valence-electron chi connectivity index (χ3n) is 3.16. The summed E-state index contributed by atoms with van der Waals surface area (Å²) in [5.74, 6) is 3.20. The molecule has 0 bridgehead atoms. The van der Waals surface area contributed by atoms with Gasteiger partial charge in [0.25, 0.3) is 5.91 Å². The molecule has 2 unspecified atom stereocenters. The minimum absolute atomic E-state index is 0.183. The maximum Gasteiger partial charge on any atom is 0.261 e. The fourth-order valence-electron chi connectivity index (χ4n) is 1.74. The van der Waals surface area contributed by atoms with Crippen molar-refractivity contribution in [2.75, 3.05) is 20.7 Å². The molecule has 0 heterocycles. The molecule has 21 heavy (non-hydrogen) atoms. The Hall–Kier alpha value is -2.19. The van der Waals surface area contributed by atoms with Crippen LogP contribution in [0.1, 0.15) is 25.5 Å². The van der Waals surface area contributed by atoms with E-state index in [1.54, 1.807) is 20.1 Å². The summed E-state index contributed by atoms with van der Waals surface area (Å²) in [6.07, 6.45) is 4.45. The number of terminal acetylenes is 1. The van der Waals surface area contributed by atoms with Crippen LogP contribution in [0, 0.1) is 12.3 Å². The molecular weight excluding hydrogens is 268 g/mol. The normalized spacial score (nSPS) is 12.9. The summed E-state index contributed by atoms with van der Waals surface area (Å²) in [5.41, 5.74) is 1.08. The van der Waals surface area contributed by atoms with Crippen molar-refractivity contribution >= 4 is 5.91 Å². The molecule has 0 radical (unpaired) electrons. The number of rotatable bonds is 7. The van der Waals surface area contributed by atoms with Crippen molar-refractivity contribution in [3.05, 3.63) is 23.8 Å². The summed E-state index contributed by atoms with van der Waals surface area (Å²) in [6, 6.07) is 5.82. The summed E-state index contributed by atoms with van der Waals surface area (Å²) >= 11 is 0. The van der Waals surface area contributed by atoms with Crippen molar-refractivity contribution in [3.8, 4) is 23.8 Å². The zero-order valence-electron chi connectivity index (χ0n) is 12.9. The van der Waals surface area contributed by atoms with Gasteiger partial charge < -0.3 is 20.1 Å². The van der Waals surface area contributed by atoms with Crippen LogP contribution in [0.25, 0.3) is 0 Å². The Morgan fingerprint density at radius 1 is 1.38 bits per heavy atom. The van der Waals surface area contributed by atoms with E-state index in [1.165, 1.54) is 0 Å². The van der Waals surface area contributed by atoms with Gasteiger partial charge in [-0.2, -0.15) is 0 Å². The zero-order chi connectivity index (χ0) is 15.8. The van der Waals surface area contributed by atoms with Crippen LogP contribution < -0.4 is 20.1 Å². The molecule has 0 saturated carbocycles. The SMILES string of the molecule is C#CCNC(=O)C(C)Oc1ccc(C(C)NC)cc1OC. The molecule has 1 aromatic rings. The van der Waals surface area contributed by atoms with E-state index in [1.807, 2.05) is 26.1 Å². The van der Waals surface area contributed by atoms with Crippen molar-refractivity contribution in [2.45, 2.75) is 26.0 Å². The third kappa shape index (κ3) is 4.69. The molecule has 0 saturated heterocycles. The van der Waals surface area contributed by atoms with Gasteiger partial charge in [0.1, 0.15) is 0 Å². The van der Waals surface area contributed by atoms with Crippen LogP contribution in [-0.4, -0.2) is 32.7 Å². The van der Waals surface area contributed by atoms with Gasteiger partial charge in [-0.3, -0.25) is 4.79 Å². The lowest BCUT2D eigenvalue weighted by molar-refractivity contribution is -0.127. The number of ether oxygens (including phenoxy) is 2. The van der Waals surface area contributed by atoms with Gasteiger partial charge in [-0.1, -0.05) is 12.0 Å². The van der Waals surface area contributed by atoms with E-state index in [0.717, 1.165) is 5.56 Å². The highest BCUT2D eigenvalue weighted by molar-refractivity contribution is 5.81. The van der Waals surface area contributed by atoms with Crippen molar-refractivity contribution in [3.63, 3.8) is 0 Å². The molecule has 1 aromatic carbocycles. The molecule has 114 valence electrons. The van der Waals surface area contributed by atoms with Gasteiger partial charge in [-0.25, -0.2) is 0 Å². The predicted molar refractivity (Wildman–Crippen MR) is 82.4 cm³/mol. The maximum absolute atomic E-state index is 11.7. The molecule has 0 aliphatic rings. The number of nitrogens with one attached hydrogen (secondary N) is 2. The summed E-state index contributed by atoms with van der Waals surface area (Å²) in [6.45, 7) is 3.89. The van der Waals surface area contributed by atoms with Crippen LogP contribution in [0.2, 0.25) is 0 Å². The topological polar surface area (TPSA) is 59.6 Å². The van der Waals surface area contributed by atoms with E-state index < -0.39 is 6.10 Å². The van der Waals surface area contributed by atoms with Gasteiger partial charge in [-0.15, -0.1) is 6.42 Å².